The average molecular weight is 505 g/mol. The highest BCUT2D eigenvalue weighted by atomic mass is 32.1. The number of pyridine rings is 2. The number of hydrogen-bond donors (Lipinski definition) is 2. The third kappa shape index (κ3) is 4.48. The average Bonchev–Trinajstić information content (AvgIpc) is 3.37. The topological polar surface area (TPSA) is 114 Å². The lowest BCUT2D eigenvalue weighted by molar-refractivity contribution is 0.0949. The molecular weight excluding hydrogens is 484 g/mol. The smallest absolute Gasteiger partial charge is 0.262 e. The highest BCUT2D eigenvalue weighted by molar-refractivity contribution is 7.15. The summed E-state index contributed by atoms with van der Waals surface area (Å²) in [4.78, 5) is 47.7. The number of nitrogens with one attached hydrogen (secondary N) is 2. The zero-order valence-electron chi connectivity index (χ0n) is 19.7. The summed E-state index contributed by atoms with van der Waals surface area (Å²) in [7, 11) is 0. The van der Waals surface area contributed by atoms with Gasteiger partial charge in [-0.05, 0) is 36.8 Å². The zero-order valence-corrected chi connectivity index (χ0v) is 20.5. The van der Waals surface area contributed by atoms with Gasteiger partial charge in [-0.3, -0.25) is 14.6 Å². The molecule has 2 aromatic carbocycles. The zero-order chi connectivity index (χ0) is 25.4. The fraction of sp³-hybridized carbons (Fsp3) is 0.0714. The van der Waals surface area contributed by atoms with E-state index in [1.165, 1.54) is 17.4 Å². The molecule has 0 saturated heterocycles. The lowest BCUT2D eigenvalue weighted by Crippen LogP contribution is -2.29. The van der Waals surface area contributed by atoms with Gasteiger partial charge in [0.2, 0.25) is 0 Å². The van der Waals surface area contributed by atoms with E-state index >= 15 is 0 Å². The molecule has 4 heterocycles. The van der Waals surface area contributed by atoms with Crippen LogP contribution in [0.1, 0.15) is 20.9 Å². The van der Waals surface area contributed by atoms with Crippen LogP contribution in [-0.2, 0) is 6.54 Å². The van der Waals surface area contributed by atoms with Crippen molar-refractivity contribution in [1.29, 1.82) is 0 Å². The van der Waals surface area contributed by atoms with E-state index in [0.717, 1.165) is 31.9 Å². The molecule has 0 fully saturated rings. The third-order valence-corrected chi connectivity index (χ3v) is 6.87. The van der Waals surface area contributed by atoms with Crippen LogP contribution in [0.4, 0.5) is 0 Å². The summed E-state index contributed by atoms with van der Waals surface area (Å²) in [6.45, 7) is 2.23. The predicted octanol–water partition coefficient (Wildman–Crippen LogP) is 4.90. The van der Waals surface area contributed by atoms with E-state index in [4.69, 9.17) is 9.97 Å². The molecule has 4 aromatic heterocycles. The molecule has 180 valence electrons. The highest BCUT2D eigenvalue weighted by Gasteiger charge is 2.19. The van der Waals surface area contributed by atoms with Crippen LogP contribution in [0.25, 0.3) is 43.9 Å². The molecule has 37 heavy (non-hydrogen) atoms. The molecule has 0 aliphatic carbocycles. The van der Waals surface area contributed by atoms with Gasteiger partial charge >= 0.3 is 0 Å². The van der Waals surface area contributed by atoms with Crippen molar-refractivity contribution in [3.05, 3.63) is 106 Å². The first-order valence-electron chi connectivity index (χ1n) is 11.6. The van der Waals surface area contributed by atoms with Gasteiger partial charge in [-0.25, -0.2) is 15.0 Å². The van der Waals surface area contributed by atoms with Crippen molar-refractivity contribution in [3.8, 4) is 21.8 Å². The first-order valence-corrected chi connectivity index (χ1v) is 12.4. The number of aromatic amines is 1. The van der Waals surface area contributed by atoms with Gasteiger partial charge in [0.05, 0.1) is 21.1 Å². The lowest BCUT2D eigenvalue weighted by atomic mass is 10.1. The lowest BCUT2D eigenvalue weighted by Gasteiger charge is -2.11. The normalized spacial score (nSPS) is 11.2. The number of carbonyl (C=O) groups excluding carboxylic acids is 1. The van der Waals surface area contributed by atoms with Gasteiger partial charge in [0.1, 0.15) is 16.8 Å². The van der Waals surface area contributed by atoms with Crippen molar-refractivity contribution in [2.45, 2.75) is 13.5 Å². The van der Waals surface area contributed by atoms with E-state index in [1.54, 1.807) is 12.4 Å². The Balaban J connectivity index is 1.47. The number of aromatic nitrogens is 5. The molecule has 0 spiro atoms. The minimum Gasteiger partial charge on any atom is -0.348 e. The second-order valence-corrected chi connectivity index (χ2v) is 9.72. The van der Waals surface area contributed by atoms with Crippen molar-refractivity contribution in [2.75, 3.05) is 0 Å². The van der Waals surface area contributed by atoms with Crippen LogP contribution >= 0.6 is 11.3 Å². The quantitative estimate of drug-likeness (QED) is 0.345. The van der Waals surface area contributed by atoms with Crippen molar-refractivity contribution in [2.24, 2.45) is 0 Å². The van der Waals surface area contributed by atoms with Crippen molar-refractivity contribution in [3.63, 3.8) is 0 Å². The number of aryl methyl sites for hydroxylation is 1. The van der Waals surface area contributed by atoms with Crippen LogP contribution in [0.15, 0.2) is 83.9 Å². The number of H-pyrrole nitrogens is 1. The van der Waals surface area contributed by atoms with E-state index in [-0.39, 0.29) is 5.56 Å². The molecule has 6 aromatic rings. The number of carbonyl (C=O) groups is 1. The largest absolute Gasteiger partial charge is 0.348 e. The monoisotopic (exact) mass is 504 g/mol. The first-order chi connectivity index (χ1) is 18.0. The van der Waals surface area contributed by atoms with Gasteiger partial charge in [0, 0.05) is 29.9 Å². The van der Waals surface area contributed by atoms with Crippen molar-refractivity contribution in [1.82, 2.24) is 30.2 Å². The van der Waals surface area contributed by atoms with Gasteiger partial charge in [-0.1, -0.05) is 42.5 Å². The number of rotatable bonds is 5. The molecule has 0 atom stereocenters. The Hall–Kier alpha value is -4.76. The fourth-order valence-corrected chi connectivity index (χ4v) is 4.90. The minimum atomic E-state index is -0.525. The van der Waals surface area contributed by atoms with Gasteiger partial charge < -0.3 is 10.3 Å². The Morgan fingerprint density at radius 3 is 2.62 bits per heavy atom. The summed E-state index contributed by atoms with van der Waals surface area (Å²) in [5.41, 5.74) is 4.06. The maximum atomic E-state index is 12.9. The summed E-state index contributed by atoms with van der Waals surface area (Å²) in [5.74, 6) is -0.478. The van der Waals surface area contributed by atoms with Crippen LogP contribution in [-0.4, -0.2) is 30.8 Å². The Morgan fingerprint density at radius 1 is 0.946 bits per heavy atom. The van der Waals surface area contributed by atoms with E-state index in [0.29, 0.717) is 29.1 Å². The Morgan fingerprint density at radius 2 is 1.81 bits per heavy atom. The molecule has 0 saturated carbocycles. The number of benzene rings is 2. The van der Waals surface area contributed by atoms with Gasteiger partial charge in [-0.15, -0.1) is 11.3 Å². The van der Waals surface area contributed by atoms with Crippen LogP contribution in [0.2, 0.25) is 0 Å². The summed E-state index contributed by atoms with van der Waals surface area (Å²) >= 11 is 1.50. The van der Waals surface area contributed by atoms with E-state index < -0.39 is 11.5 Å². The summed E-state index contributed by atoms with van der Waals surface area (Å²) in [6, 6.07) is 20.8. The molecule has 0 unspecified atom stereocenters. The third-order valence-electron chi connectivity index (χ3n) is 5.95. The van der Waals surface area contributed by atoms with Crippen LogP contribution in [0.3, 0.4) is 0 Å². The highest BCUT2D eigenvalue weighted by Crippen LogP contribution is 2.34. The van der Waals surface area contributed by atoms with Crippen molar-refractivity contribution >= 4 is 39.3 Å². The minimum absolute atomic E-state index is 0.0206. The summed E-state index contributed by atoms with van der Waals surface area (Å²) < 4.78 is 0. The van der Waals surface area contributed by atoms with Crippen LogP contribution < -0.4 is 10.9 Å². The van der Waals surface area contributed by atoms with E-state index in [9.17, 15) is 9.59 Å². The van der Waals surface area contributed by atoms with Crippen LogP contribution in [0.5, 0.6) is 0 Å². The molecule has 0 bridgehead atoms. The van der Waals surface area contributed by atoms with E-state index in [1.807, 2.05) is 67.6 Å². The second-order valence-electron chi connectivity index (χ2n) is 8.49. The molecule has 9 heteroatoms. The van der Waals surface area contributed by atoms with Gasteiger partial charge in [-0.2, -0.15) is 0 Å². The molecule has 8 nitrogen and oxygen atoms in total. The molecule has 0 aliphatic heterocycles. The molecule has 1 amide bonds. The Labute approximate surface area is 215 Å². The van der Waals surface area contributed by atoms with Gasteiger partial charge in [0.25, 0.3) is 11.5 Å². The molecule has 2 N–H and O–H groups in total. The standard InChI is InChI=1S/C28H20N6O2S/c1-16-30-15-23(37-16)25-24(19-9-10-21-18(12-19)8-5-11-29-21)32-22-13-20(28(36)34-26(22)33-25)27(35)31-14-17-6-3-2-4-7-17/h2-13,15H,14H2,1H3,(H,31,35)(H,33,34,36). The first kappa shape index (κ1) is 22.7. The number of hydrogen-bond acceptors (Lipinski definition) is 7. The maximum absolute atomic E-state index is 12.9. The number of thiazole rings is 1. The molecular formula is C28H20N6O2S. The van der Waals surface area contributed by atoms with Crippen molar-refractivity contribution < 1.29 is 4.79 Å². The maximum Gasteiger partial charge on any atom is 0.262 e. The Bertz CT molecular complexity index is 1850. The number of amides is 1. The Kier molecular flexibility index (Phi) is 5.74. The molecule has 0 aliphatic rings. The molecule has 6 rings (SSSR count). The fourth-order valence-electron chi connectivity index (χ4n) is 4.13. The molecule has 0 radical (unpaired) electrons. The second kappa shape index (κ2) is 9.36. The summed E-state index contributed by atoms with van der Waals surface area (Å²) in [6.07, 6.45) is 3.51. The predicted molar refractivity (Wildman–Crippen MR) is 144 cm³/mol. The summed E-state index contributed by atoms with van der Waals surface area (Å²) in [5, 5.41) is 4.67. The SMILES string of the molecule is Cc1ncc(-c2nc3[nH]c(=O)c(C(=O)NCc4ccccc4)cc3nc2-c2ccc3ncccc3c2)s1. The number of fused-ring (bicyclic) bond motifs is 2. The number of nitrogens with zero attached hydrogens (tertiary/aromatic N) is 4. The van der Waals surface area contributed by atoms with E-state index in [2.05, 4.69) is 20.3 Å². The van der Waals surface area contributed by atoms with Crippen LogP contribution in [0, 0.1) is 6.92 Å². The van der Waals surface area contributed by atoms with Gasteiger partial charge in [0.15, 0.2) is 5.65 Å².